The van der Waals surface area contributed by atoms with Crippen molar-refractivity contribution in [2.24, 2.45) is 0 Å². The molecule has 7 rings (SSSR count). The third kappa shape index (κ3) is 18.2. The van der Waals surface area contributed by atoms with E-state index in [2.05, 4.69) is 121 Å². The van der Waals surface area contributed by atoms with E-state index in [0.29, 0.717) is 23.5 Å². The lowest BCUT2D eigenvalue weighted by molar-refractivity contribution is 0.00578. The van der Waals surface area contributed by atoms with Gasteiger partial charge >= 0.3 is 7.12 Å². The smallest absolute Gasteiger partial charge is 0.413 e. The molecule has 0 amide bonds. The molecule has 0 spiro atoms. The molecule has 2 aromatic carbocycles. The quantitative estimate of drug-likeness (QED) is 0.109. The zero-order valence-corrected chi connectivity index (χ0v) is 53.1. The number of nitrogens with zero attached hydrogens (tertiary/aromatic N) is 6. The molecule has 3 saturated heterocycles. The summed E-state index contributed by atoms with van der Waals surface area (Å²) in [5, 5.41) is 0.342. The molecule has 0 aliphatic carbocycles. The minimum absolute atomic E-state index is 0.00744. The van der Waals surface area contributed by atoms with Crippen LogP contribution in [0.2, 0.25) is 36.3 Å². The van der Waals surface area contributed by atoms with E-state index in [1.54, 1.807) is 46.5 Å². The monoisotopic (exact) mass is 1220 g/mol. The SMILES string of the molecule is CC(C)(C)[Si](C)(C)OC/C=C/c1cn(Cc2ccc(F)cc2)c(=O)c(N2CCS(=O)(=O)CC2)n1.CC1(C)OB(/C=C/CO[Si](C)(C)C(C)(C)C)OC1(C)C.O=c1c(N2CCS(=O)(=O)CC2)nc(Br)cn1Cc1ccc(F)cc1. The Labute approximate surface area is 472 Å². The number of halogens is 3. The second kappa shape index (κ2) is 25.8. The van der Waals surface area contributed by atoms with Crippen LogP contribution in [0.3, 0.4) is 0 Å². The Kier molecular flexibility index (Phi) is 21.4. The molecule has 0 unspecified atom stereocenters. The molecule has 3 aliphatic rings. The summed E-state index contributed by atoms with van der Waals surface area (Å²) in [5.74, 6) is 1.74. The first-order valence-corrected chi connectivity index (χ1v) is 36.4. The van der Waals surface area contributed by atoms with Crippen molar-refractivity contribution < 1.29 is 43.8 Å². The zero-order valence-electron chi connectivity index (χ0n) is 47.9. The third-order valence-corrected chi connectivity index (χ3v) is 27.9. The number of anilines is 2. The maximum absolute atomic E-state index is 13.3. The van der Waals surface area contributed by atoms with Crippen molar-refractivity contribution in [1.29, 1.82) is 0 Å². The Bertz CT molecular complexity index is 3070. The number of sulfone groups is 2. The predicted molar refractivity (Wildman–Crippen MR) is 318 cm³/mol. The molecule has 0 bridgehead atoms. The summed E-state index contributed by atoms with van der Waals surface area (Å²) in [5.41, 5.74) is 0.968. The van der Waals surface area contributed by atoms with Gasteiger partial charge in [-0.05, 0) is 121 Å². The van der Waals surface area contributed by atoms with Gasteiger partial charge in [0.2, 0.25) is 0 Å². The Morgan fingerprint density at radius 2 is 1.01 bits per heavy atom. The fourth-order valence-electron chi connectivity index (χ4n) is 7.44. The van der Waals surface area contributed by atoms with Gasteiger partial charge in [0, 0.05) is 38.6 Å². The lowest BCUT2D eigenvalue weighted by Gasteiger charge is -2.35. The highest BCUT2D eigenvalue weighted by atomic mass is 79.9. The average Bonchev–Trinajstić information content (AvgIpc) is 3.54. The van der Waals surface area contributed by atoms with Gasteiger partial charge in [0.25, 0.3) is 11.1 Å². The van der Waals surface area contributed by atoms with Gasteiger partial charge in [-0.3, -0.25) is 9.59 Å². The molecule has 24 heteroatoms. The fourth-order valence-corrected chi connectivity index (χ4v) is 12.1. The molecule has 4 aromatic rings. The number of hydrogen-bond donors (Lipinski definition) is 0. The van der Waals surface area contributed by atoms with Crippen molar-refractivity contribution in [3.8, 4) is 0 Å². The fraction of sp³-hybridized carbons (Fsp3) is 0.556. The van der Waals surface area contributed by atoms with E-state index in [0.717, 1.165) is 11.1 Å². The summed E-state index contributed by atoms with van der Waals surface area (Å²) in [7, 11) is -9.97. The third-order valence-electron chi connectivity index (χ3n) is 15.3. The first-order valence-electron chi connectivity index (χ1n) is 26.1. The van der Waals surface area contributed by atoms with Crippen LogP contribution in [0, 0.1) is 11.6 Å². The lowest BCUT2D eigenvalue weighted by atomic mass is 9.90. The van der Waals surface area contributed by atoms with Gasteiger partial charge in [0.1, 0.15) is 16.2 Å². The maximum Gasteiger partial charge on any atom is 0.486 e. The molecule has 0 saturated carbocycles. The molecular formula is C54H80BBrF2N6O10S2Si2. The molecule has 0 N–H and O–H groups in total. The van der Waals surface area contributed by atoms with Crippen LogP contribution in [0.25, 0.3) is 6.08 Å². The highest BCUT2D eigenvalue weighted by Crippen LogP contribution is 2.39. The van der Waals surface area contributed by atoms with Gasteiger partial charge in [-0.2, -0.15) is 0 Å². The molecule has 5 heterocycles. The molecule has 0 radical (unpaired) electrons. The predicted octanol–water partition coefficient (Wildman–Crippen LogP) is 9.32. The Morgan fingerprint density at radius 1 is 0.641 bits per heavy atom. The average molecular weight is 1220 g/mol. The van der Waals surface area contributed by atoms with E-state index in [1.807, 2.05) is 24.2 Å². The zero-order chi connectivity index (χ0) is 58.3. The van der Waals surface area contributed by atoms with E-state index >= 15 is 0 Å². The number of aromatic nitrogens is 4. The first-order chi connectivity index (χ1) is 35.9. The summed E-state index contributed by atoms with van der Waals surface area (Å²) in [4.78, 5) is 38.1. The van der Waals surface area contributed by atoms with E-state index in [-0.39, 0.29) is 125 Å². The minimum Gasteiger partial charge on any atom is -0.413 e. The largest absolute Gasteiger partial charge is 0.486 e. The molecule has 16 nitrogen and oxygen atoms in total. The standard InChI is InChI=1S/C24H34FN3O4SSi.C15H31BO3Si.C15H15BrFN3O3S/c1-24(2,3)34(4,5)32-14-6-7-21-18-28(17-19-8-10-20(25)11-9-19)23(29)22(26-21)27-12-15-33(30,31)16-13-27;1-13(2,3)20(8,9)17-12-10-11-16-18-14(4,5)15(6,7)19-16;16-13-10-20(9-11-1-3-12(17)4-2-11)15(21)14(18-13)19-5-7-24(22,23)8-6-19/h6-11,18H,12-17H2,1-5H3;10-11H,12H2,1-9H3;1-4,10H,5-9H2/b7-6+;11-10+;. The van der Waals surface area contributed by atoms with Gasteiger partial charge in [0.15, 0.2) is 47.9 Å². The van der Waals surface area contributed by atoms with E-state index in [1.165, 1.54) is 33.4 Å². The molecule has 430 valence electrons. The van der Waals surface area contributed by atoms with Crippen LogP contribution >= 0.6 is 15.9 Å². The maximum atomic E-state index is 13.3. The van der Waals surface area contributed by atoms with Crippen LogP contribution < -0.4 is 20.9 Å². The van der Waals surface area contributed by atoms with Crippen LogP contribution in [0.5, 0.6) is 0 Å². The van der Waals surface area contributed by atoms with Crippen molar-refractivity contribution in [2.45, 2.75) is 130 Å². The van der Waals surface area contributed by atoms with Crippen LogP contribution in [-0.2, 0) is 50.9 Å². The molecule has 0 atom stereocenters. The van der Waals surface area contributed by atoms with Crippen LogP contribution in [0.4, 0.5) is 20.4 Å². The van der Waals surface area contributed by atoms with Gasteiger partial charge in [-0.25, -0.2) is 35.6 Å². The van der Waals surface area contributed by atoms with Crippen LogP contribution in [-0.4, -0.2) is 133 Å². The van der Waals surface area contributed by atoms with Crippen LogP contribution in [0.1, 0.15) is 86.1 Å². The highest BCUT2D eigenvalue weighted by Gasteiger charge is 2.50. The second-order valence-electron chi connectivity index (χ2n) is 23.9. The first kappa shape index (κ1) is 64.7. The minimum atomic E-state index is -3.09. The molecule has 3 fully saturated rings. The van der Waals surface area contributed by atoms with Crippen molar-refractivity contribution >= 4 is 77.1 Å². The summed E-state index contributed by atoms with van der Waals surface area (Å²) >= 11 is 3.29. The Morgan fingerprint density at radius 3 is 1.41 bits per heavy atom. The van der Waals surface area contributed by atoms with Crippen molar-refractivity contribution in [1.82, 2.24) is 19.1 Å². The normalized spacial score (nSPS) is 18.4. The molecular weight excluding hydrogens is 1140 g/mol. The van der Waals surface area contributed by atoms with E-state index in [9.17, 15) is 35.2 Å². The number of rotatable bonds is 14. The highest BCUT2D eigenvalue weighted by molar-refractivity contribution is 9.10. The molecule has 2 aromatic heterocycles. The molecule has 3 aliphatic heterocycles. The molecule has 78 heavy (non-hydrogen) atoms. The van der Waals surface area contributed by atoms with E-state index in [4.69, 9.17) is 18.2 Å². The topological polar surface area (TPSA) is 181 Å². The second-order valence-corrected chi connectivity index (χ2v) is 38.9. The number of hydrogen-bond acceptors (Lipinski definition) is 14. The van der Waals surface area contributed by atoms with Crippen molar-refractivity contribution in [2.75, 3.05) is 72.2 Å². The van der Waals surface area contributed by atoms with Gasteiger partial charge < -0.3 is 37.1 Å². The number of benzene rings is 2. The summed E-state index contributed by atoms with van der Waals surface area (Å²) in [6, 6.07) is 11.9. The van der Waals surface area contributed by atoms with E-state index < -0.39 is 36.3 Å². The summed E-state index contributed by atoms with van der Waals surface area (Å²) < 4.78 is 101. The van der Waals surface area contributed by atoms with Gasteiger partial charge in [0.05, 0.1) is 66.2 Å². The lowest BCUT2D eigenvalue weighted by Crippen LogP contribution is -2.44. The van der Waals surface area contributed by atoms with Crippen molar-refractivity contribution in [3.05, 3.63) is 133 Å². The van der Waals surface area contributed by atoms with Crippen molar-refractivity contribution in [3.63, 3.8) is 0 Å². The van der Waals surface area contributed by atoms with Crippen LogP contribution in [0.15, 0.2) is 93.2 Å². The van der Waals surface area contributed by atoms with Gasteiger partial charge in [-0.15, -0.1) is 0 Å². The summed E-state index contributed by atoms with van der Waals surface area (Å²) in [6.45, 7) is 33.0. The van der Waals surface area contributed by atoms with Gasteiger partial charge in [-0.1, -0.05) is 83.9 Å². The Balaban J connectivity index is 0.000000225. The Hall–Kier alpha value is -4.14. The summed E-state index contributed by atoms with van der Waals surface area (Å²) in [6.07, 6.45) is 8.95.